The minimum absolute atomic E-state index is 0.0480. The van der Waals surface area contributed by atoms with Crippen LogP contribution in [0.5, 0.6) is 0 Å². The van der Waals surface area contributed by atoms with Gasteiger partial charge in [0.05, 0.1) is 0 Å². The van der Waals surface area contributed by atoms with Crippen molar-refractivity contribution in [2.75, 3.05) is 0 Å². The number of carbonyl (C=O) groups is 1. The maximum absolute atomic E-state index is 10.7. The summed E-state index contributed by atoms with van der Waals surface area (Å²) < 4.78 is 0. The first kappa shape index (κ1) is 9.47. The molecule has 10 heavy (non-hydrogen) atoms. The van der Waals surface area contributed by atoms with Crippen LogP contribution < -0.4 is 5.73 Å². The summed E-state index contributed by atoms with van der Waals surface area (Å²) in [4.78, 5) is 10.7. The molecule has 0 heterocycles. The first-order valence-electron chi connectivity index (χ1n) is 3.65. The van der Waals surface area contributed by atoms with Gasteiger partial charge in [-0.15, -0.1) is 0 Å². The fraction of sp³-hybridized carbons (Fsp3) is 0.875. The quantitative estimate of drug-likeness (QED) is 0.580. The first-order chi connectivity index (χ1) is 4.39. The van der Waals surface area contributed by atoms with E-state index in [4.69, 9.17) is 5.73 Å². The molecule has 0 saturated heterocycles. The molecule has 2 nitrogen and oxygen atoms in total. The van der Waals surface area contributed by atoms with Crippen molar-refractivity contribution in [2.45, 2.75) is 34.1 Å². The Morgan fingerprint density at radius 2 is 1.90 bits per heavy atom. The van der Waals surface area contributed by atoms with Crippen LogP contribution in [0.2, 0.25) is 0 Å². The average molecular weight is 142 g/mol. The molecule has 0 rings (SSSR count). The molecule has 0 aromatic rings. The SMILES string of the molecule is CCC(C([NH])=O)C(C)(C)C. The van der Waals surface area contributed by atoms with Crippen LogP contribution in [0.25, 0.3) is 0 Å². The molecule has 0 spiro atoms. The maximum atomic E-state index is 10.7. The smallest absolute Gasteiger partial charge is 0.242 e. The van der Waals surface area contributed by atoms with E-state index in [1.807, 2.05) is 27.7 Å². The monoisotopic (exact) mass is 142 g/mol. The van der Waals surface area contributed by atoms with Gasteiger partial charge in [-0.3, -0.25) is 10.5 Å². The highest BCUT2D eigenvalue weighted by molar-refractivity contribution is 5.76. The molecule has 1 atom stereocenters. The largest absolute Gasteiger partial charge is 0.273 e. The summed E-state index contributed by atoms with van der Waals surface area (Å²) in [5.41, 5.74) is 6.90. The molecule has 0 bridgehead atoms. The van der Waals surface area contributed by atoms with E-state index in [0.29, 0.717) is 0 Å². The number of hydrogen-bond donors (Lipinski definition) is 0. The van der Waals surface area contributed by atoms with Crippen LogP contribution in [0, 0.1) is 11.3 Å². The van der Waals surface area contributed by atoms with E-state index in [-0.39, 0.29) is 11.3 Å². The molecule has 0 fully saturated rings. The number of carbonyl (C=O) groups excluding carboxylic acids is 1. The van der Waals surface area contributed by atoms with Gasteiger partial charge in [0, 0.05) is 5.92 Å². The van der Waals surface area contributed by atoms with E-state index < -0.39 is 5.91 Å². The summed E-state index contributed by atoms with van der Waals surface area (Å²) in [6, 6.07) is 0. The van der Waals surface area contributed by atoms with Crippen LogP contribution >= 0.6 is 0 Å². The molecule has 2 heteroatoms. The van der Waals surface area contributed by atoms with Crippen molar-refractivity contribution in [1.29, 1.82) is 0 Å². The van der Waals surface area contributed by atoms with Gasteiger partial charge in [-0.25, -0.2) is 0 Å². The zero-order valence-electron chi connectivity index (χ0n) is 7.19. The summed E-state index contributed by atoms with van der Waals surface area (Å²) in [6.07, 6.45) is 0.770. The average Bonchev–Trinajstić information content (AvgIpc) is 1.60. The molecule has 59 valence electrons. The molecule has 1 N–H and O–H groups in total. The van der Waals surface area contributed by atoms with Crippen molar-refractivity contribution in [3.05, 3.63) is 0 Å². The second-order valence-electron chi connectivity index (χ2n) is 3.69. The Hall–Kier alpha value is -0.530. The fourth-order valence-electron chi connectivity index (χ4n) is 1.19. The van der Waals surface area contributed by atoms with Crippen LogP contribution in [0.3, 0.4) is 0 Å². The van der Waals surface area contributed by atoms with Crippen LogP contribution in [-0.4, -0.2) is 5.91 Å². The van der Waals surface area contributed by atoms with Gasteiger partial charge in [0.1, 0.15) is 0 Å². The Labute approximate surface area is 62.8 Å². The maximum Gasteiger partial charge on any atom is 0.242 e. The van der Waals surface area contributed by atoms with Crippen LogP contribution in [-0.2, 0) is 4.79 Å². The van der Waals surface area contributed by atoms with Crippen molar-refractivity contribution in [3.8, 4) is 0 Å². The molecule has 1 unspecified atom stereocenters. The van der Waals surface area contributed by atoms with Gasteiger partial charge < -0.3 is 0 Å². The Morgan fingerprint density at radius 3 is 1.90 bits per heavy atom. The lowest BCUT2D eigenvalue weighted by Gasteiger charge is -2.25. The molecule has 0 aliphatic heterocycles. The van der Waals surface area contributed by atoms with E-state index in [2.05, 4.69) is 0 Å². The molecule has 0 aliphatic rings. The third-order valence-corrected chi connectivity index (χ3v) is 1.77. The van der Waals surface area contributed by atoms with Gasteiger partial charge in [0.25, 0.3) is 0 Å². The van der Waals surface area contributed by atoms with Crippen molar-refractivity contribution in [2.24, 2.45) is 11.3 Å². The van der Waals surface area contributed by atoms with Gasteiger partial charge in [-0.2, -0.15) is 0 Å². The predicted molar refractivity (Wildman–Crippen MR) is 41.3 cm³/mol. The topological polar surface area (TPSA) is 40.9 Å². The Morgan fingerprint density at radius 1 is 1.50 bits per heavy atom. The third-order valence-electron chi connectivity index (χ3n) is 1.77. The summed E-state index contributed by atoms with van der Waals surface area (Å²) >= 11 is 0. The number of amides is 1. The molecular formula is C8H16NO. The summed E-state index contributed by atoms with van der Waals surface area (Å²) in [6.45, 7) is 7.93. The van der Waals surface area contributed by atoms with Crippen molar-refractivity contribution in [1.82, 2.24) is 5.73 Å². The molecular weight excluding hydrogens is 126 g/mol. The second kappa shape index (κ2) is 3.04. The van der Waals surface area contributed by atoms with E-state index in [1.165, 1.54) is 0 Å². The summed E-state index contributed by atoms with van der Waals surface area (Å²) in [7, 11) is 0. The third kappa shape index (κ3) is 2.38. The van der Waals surface area contributed by atoms with Crippen LogP contribution in [0.15, 0.2) is 0 Å². The van der Waals surface area contributed by atoms with E-state index in [0.717, 1.165) is 6.42 Å². The van der Waals surface area contributed by atoms with Gasteiger partial charge in [0.2, 0.25) is 5.91 Å². The molecule has 0 aromatic heterocycles. The van der Waals surface area contributed by atoms with Gasteiger partial charge in [0.15, 0.2) is 0 Å². The first-order valence-corrected chi connectivity index (χ1v) is 3.65. The highest BCUT2D eigenvalue weighted by Crippen LogP contribution is 2.28. The minimum atomic E-state index is -0.435. The van der Waals surface area contributed by atoms with Gasteiger partial charge in [-0.1, -0.05) is 27.7 Å². The number of nitrogens with one attached hydrogen (secondary N) is 1. The highest BCUT2D eigenvalue weighted by Gasteiger charge is 2.27. The standard InChI is InChI=1S/C8H16NO/c1-5-6(7(9)10)8(2,3)4/h6,9H,5H2,1-4H3. The summed E-state index contributed by atoms with van der Waals surface area (Å²) in [5.74, 6) is -0.539. The minimum Gasteiger partial charge on any atom is -0.273 e. The number of rotatable bonds is 2. The van der Waals surface area contributed by atoms with E-state index >= 15 is 0 Å². The molecule has 1 amide bonds. The second-order valence-corrected chi connectivity index (χ2v) is 3.69. The van der Waals surface area contributed by atoms with Crippen molar-refractivity contribution < 1.29 is 4.79 Å². The normalized spacial score (nSPS) is 14.8. The van der Waals surface area contributed by atoms with Crippen molar-refractivity contribution in [3.63, 3.8) is 0 Å². The lowest BCUT2D eigenvalue weighted by molar-refractivity contribution is -0.125. The lowest BCUT2D eigenvalue weighted by atomic mass is 9.79. The van der Waals surface area contributed by atoms with Gasteiger partial charge in [-0.05, 0) is 11.8 Å². The van der Waals surface area contributed by atoms with Crippen LogP contribution in [0.1, 0.15) is 34.1 Å². The summed E-state index contributed by atoms with van der Waals surface area (Å²) in [5, 5.41) is 0. The molecule has 0 aromatic carbocycles. The zero-order valence-corrected chi connectivity index (χ0v) is 7.19. The lowest BCUT2D eigenvalue weighted by Crippen LogP contribution is -2.28. The van der Waals surface area contributed by atoms with E-state index in [9.17, 15) is 4.79 Å². The van der Waals surface area contributed by atoms with E-state index in [1.54, 1.807) is 0 Å². The number of hydrogen-bond acceptors (Lipinski definition) is 1. The van der Waals surface area contributed by atoms with Gasteiger partial charge >= 0.3 is 0 Å². The Balaban J connectivity index is 4.22. The molecule has 1 radical (unpaired) electrons. The Bertz CT molecular complexity index is 124. The zero-order chi connectivity index (χ0) is 8.36. The fourth-order valence-corrected chi connectivity index (χ4v) is 1.19. The molecule has 0 aliphatic carbocycles. The van der Waals surface area contributed by atoms with Crippen molar-refractivity contribution >= 4 is 5.91 Å². The van der Waals surface area contributed by atoms with Crippen LogP contribution in [0.4, 0.5) is 0 Å². The predicted octanol–water partition coefficient (Wildman–Crippen LogP) is 1.87. The highest BCUT2D eigenvalue weighted by atomic mass is 16.1. The Kier molecular flexibility index (Phi) is 2.88. The molecule has 0 saturated carbocycles.